The fourth-order valence-electron chi connectivity index (χ4n) is 1.59. The number of hydrogen-bond donors (Lipinski definition) is 0. The highest BCUT2D eigenvalue weighted by Gasteiger charge is 2.05. The van der Waals surface area contributed by atoms with Gasteiger partial charge in [-0.1, -0.05) is 23.7 Å². The number of anilines is 1. The third-order valence-corrected chi connectivity index (χ3v) is 2.85. The third kappa shape index (κ3) is 2.34. The molecule has 0 bridgehead atoms. The summed E-state index contributed by atoms with van der Waals surface area (Å²) < 4.78 is 1.54. The molecule has 0 saturated heterocycles. The molecule has 0 aliphatic rings. The zero-order valence-electron chi connectivity index (χ0n) is 9.72. The molecule has 2 rings (SSSR count). The summed E-state index contributed by atoms with van der Waals surface area (Å²) in [5.41, 5.74) is 1.48. The van der Waals surface area contributed by atoms with Crippen LogP contribution in [-0.4, -0.2) is 18.7 Å². The van der Waals surface area contributed by atoms with Gasteiger partial charge >= 0.3 is 0 Å². The molecule has 0 radical (unpaired) electrons. The summed E-state index contributed by atoms with van der Waals surface area (Å²) in [4.78, 5) is 13.9. The van der Waals surface area contributed by atoms with Crippen molar-refractivity contribution in [1.82, 2.24) is 4.57 Å². The van der Waals surface area contributed by atoms with E-state index in [2.05, 4.69) is 0 Å². The molecule has 0 unspecified atom stereocenters. The van der Waals surface area contributed by atoms with Gasteiger partial charge in [-0.2, -0.15) is 0 Å². The Kier molecular flexibility index (Phi) is 3.20. The van der Waals surface area contributed by atoms with E-state index in [1.54, 1.807) is 18.3 Å². The van der Waals surface area contributed by atoms with E-state index in [0.29, 0.717) is 10.7 Å². The second-order valence-electron chi connectivity index (χ2n) is 3.94. The zero-order chi connectivity index (χ0) is 12.4. The van der Waals surface area contributed by atoms with E-state index >= 15 is 0 Å². The predicted octanol–water partition coefficient (Wildman–Crippen LogP) is 2.56. The minimum absolute atomic E-state index is 0.0932. The molecule has 3 nitrogen and oxygen atoms in total. The average Bonchev–Trinajstić information content (AvgIpc) is 2.30. The van der Waals surface area contributed by atoms with Crippen molar-refractivity contribution in [3.8, 4) is 5.69 Å². The fourth-order valence-corrected chi connectivity index (χ4v) is 1.82. The summed E-state index contributed by atoms with van der Waals surface area (Å²) in [5, 5.41) is 0.562. The normalized spacial score (nSPS) is 10.3. The monoisotopic (exact) mass is 248 g/mol. The molecule has 0 aliphatic carbocycles. The van der Waals surface area contributed by atoms with E-state index in [-0.39, 0.29) is 5.56 Å². The average molecular weight is 249 g/mol. The minimum atomic E-state index is -0.0932. The van der Waals surface area contributed by atoms with E-state index in [9.17, 15) is 4.79 Å². The van der Waals surface area contributed by atoms with Crippen LogP contribution in [0.25, 0.3) is 5.69 Å². The van der Waals surface area contributed by atoms with Crippen molar-refractivity contribution in [2.45, 2.75) is 0 Å². The van der Waals surface area contributed by atoms with Crippen LogP contribution in [0.2, 0.25) is 5.02 Å². The molecule has 17 heavy (non-hydrogen) atoms. The molecule has 0 atom stereocenters. The lowest BCUT2D eigenvalue weighted by Gasteiger charge is -2.13. The van der Waals surface area contributed by atoms with E-state index in [1.807, 2.05) is 43.3 Å². The van der Waals surface area contributed by atoms with Crippen molar-refractivity contribution in [2.24, 2.45) is 0 Å². The maximum atomic E-state index is 12.0. The van der Waals surface area contributed by atoms with Gasteiger partial charge < -0.3 is 4.90 Å². The number of rotatable bonds is 2. The van der Waals surface area contributed by atoms with Crippen molar-refractivity contribution in [3.63, 3.8) is 0 Å². The van der Waals surface area contributed by atoms with Crippen molar-refractivity contribution < 1.29 is 0 Å². The molecule has 0 fully saturated rings. The van der Waals surface area contributed by atoms with Gasteiger partial charge in [0, 0.05) is 32.0 Å². The van der Waals surface area contributed by atoms with Crippen molar-refractivity contribution >= 4 is 17.3 Å². The van der Waals surface area contributed by atoms with Crippen LogP contribution in [0.3, 0.4) is 0 Å². The smallest absolute Gasteiger partial charge is 0.257 e. The molecule has 1 heterocycles. The number of benzene rings is 1. The molecule has 4 heteroatoms. The fraction of sp³-hybridized carbons (Fsp3) is 0.154. The van der Waals surface area contributed by atoms with Gasteiger partial charge in [-0.3, -0.25) is 9.36 Å². The number of aromatic nitrogens is 1. The molecule has 0 spiro atoms. The second kappa shape index (κ2) is 4.63. The molecule has 1 aromatic carbocycles. The molecular formula is C13H13ClN2O. The number of nitrogens with zero attached hydrogens (tertiary/aromatic N) is 2. The Balaban J connectivity index is 2.55. The Morgan fingerprint density at radius 1 is 1.18 bits per heavy atom. The summed E-state index contributed by atoms with van der Waals surface area (Å²) >= 11 is 6.06. The first-order valence-electron chi connectivity index (χ1n) is 5.24. The van der Waals surface area contributed by atoms with Crippen molar-refractivity contribution in [1.29, 1.82) is 0 Å². The van der Waals surface area contributed by atoms with E-state index in [1.165, 1.54) is 4.57 Å². The second-order valence-corrected chi connectivity index (χ2v) is 4.35. The van der Waals surface area contributed by atoms with Gasteiger partial charge in [0.05, 0.1) is 10.7 Å². The molecule has 0 saturated carbocycles. The van der Waals surface area contributed by atoms with Crippen LogP contribution >= 0.6 is 11.6 Å². The summed E-state index contributed by atoms with van der Waals surface area (Å²) in [6.07, 6.45) is 1.74. The van der Waals surface area contributed by atoms with E-state index in [4.69, 9.17) is 11.6 Å². The quantitative estimate of drug-likeness (QED) is 0.816. The molecule has 0 aliphatic heterocycles. The van der Waals surface area contributed by atoms with Gasteiger partial charge in [-0.25, -0.2) is 0 Å². The van der Waals surface area contributed by atoms with Gasteiger partial charge in [0.1, 0.15) is 0 Å². The van der Waals surface area contributed by atoms with Gasteiger partial charge in [-0.05, 0) is 18.2 Å². The van der Waals surface area contributed by atoms with Gasteiger partial charge in [0.25, 0.3) is 5.56 Å². The highest BCUT2D eigenvalue weighted by atomic mass is 35.5. The standard InChI is InChI=1S/C13H13ClN2O/c1-15(2)10-7-8-16(13(17)9-10)12-6-4-3-5-11(12)14/h3-9H,1-2H3. The van der Waals surface area contributed by atoms with Crippen molar-refractivity contribution in [3.05, 3.63) is 58.0 Å². The number of hydrogen-bond acceptors (Lipinski definition) is 2. The molecule has 2 aromatic rings. The summed E-state index contributed by atoms with van der Waals surface area (Å²) in [6.45, 7) is 0. The van der Waals surface area contributed by atoms with Crippen LogP contribution < -0.4 is 10.5 Å². The summed E-state index contributed by atoms with van der Waals surface area (Å²) in [7, 11) is 3.79. The first kappa shape index (κ1) is 11.7. The van der Waals surface area contributed by atoms with Crippen LogP contribution in [-0.2, 0) is 0 Å². The number of para-hydroxylation sites is 1. The Labute approximate surface area is 105 Å². The largest absolute Gasteiger partial charge is 0.377 e. The highest BCUT2D eigenvalue weighted by molar-refractivity contribution is 6.32. The maximum absolute atomic E-state index is 12.0. The molecule has 0 amide bonds. The molecule has 0 N–H and O–H groups in total. The molecule has 88 valence electrons. The van der Waals surface area contributed by atoms with Crippen molar-refractivity contribution in [2.75, 3.05) is 19.0 Å². The lowest BCUT2D eigenvalue weighted by molar-refractivity contribution is 0.978. The van der Waals surface area contributed by atoms with Gasteiger partial charge in [-0.15, -0.1) is 0 Å². The maximum Gasteiger partial charge on any atom is 0.257 e. The predicted molar refractivity (Wildman–Crippen MR) is 71.4 cm³/mol. The highest BCUT2D eigenvalue weighted by Crippen LogP contribution is 2.18. The van der Waals surface area contributed by atoms with Crippen LogP contribution in [0.5, 0.6) is 0 Å². The Bertz CT molecular complexity index is 590. The van der Waals surface area contributed by atoms with Gasteiger partial charge in [0.2, 0.25) is 0 Å². The first-order chi connectivity index (χ1) is 8.09. The lowest BCUT2D eigenvalue weighted by Crippen LogP contribution is -2.20. The Hall–Kier alpha value is -1.74. The van der Waals surface area contributed by atoms with Crippen LogP contribution in [0.1, 0.15) is 0 Å². The minimum Gasteiger partial charge on any atom is -0.377 e. The topological polar surface area (TPSA) is 25.2 Å². The van der Waals surface area contributed by atoms with E-state index in [0.717, 1.165) is 5.69 Å². The zero-order valence-corrected chi connectivity index (χ0v) is 10.5. The molecule has 1 aromatic heterocycles. The Morgan fingerprint density at radius 3 is 2.47 bits per heavy atom. The SMILES string of the molecule is CN(C)c1ccn(-c2ccccc2Cl)c(=O)c1. The van der Waals surface area contributed by atoms with Crippen LogP contribution in [0, 0.1) is 0 Å². The van der Waals surface area contributed by atoms with Crippen LogP contribution in [0.15, 0.2) is 47.4 Å². The number of halogens is 1. The summed E-state index contributed by atoms with van der Waals surface area (Å²) in [5.74, 6) is 0. The van der Waals surface area contributed by atoms with Crippen LogP contribution in [0.4, 0.5) is 5.69 Å². The van der Waals surface area contributed by atoms with Gasteiger partial charge in [0.15, 0.2) is 0 Å². The summed E-state index contributed by atoms with van der Waals surface area (Å²) in [6, 6.07) is 10.7. The Morgan fingerprint density at radius 2 is 1.88 bits per heavy atom. The van der Waals surface area contributed by atoms with E-state index < -0.39 is 0 Å². The first-order valence-corrected chi connectivity index (χ1v) is 5.62. The lowest BCUT2D eigenvalue weighted by atomic mass is 10.3. The third-order valence-electron chi connectivity index (χ3n) is 2.53. The molecular weight excluding hydrogens is 236 g/mol. The number of pyridine rings is 1.